The van der Waals surface area contributed by atoms with Crippen LogP contribution in [0, 0.1) is 17.5 Å². The molecule has 0 aliphatic heterocycles. The largest absolute Gasteiger partial charge is 0.412 e. The van der Waals surface area contributed by atoms with Crippen LogP contribution in [0.1, 0.15) is 17.4 Å². The molecule has 0 spiro atoms. The van der Waals surface area contributed by atoms with Gasteiger partial charge in [0, 0.05) is 35.7 Å². The van der Waals surface area contributed by atoms with E-state index in [1.54, 1.807) is 47.8 Å². The van der Waals surface area contributed by atoms with Crippen molar-refractivity contribution in [2.24, 2.45) is 0 Å². The lowest BCUT2D eigenvalue weighted by Gasteiger charge is -2.29. The smallest absolute Gasteiger partial charge is 0.390 e. The van der Waals surface area contributed by atoms with Crippen molar-refractivity contribution in [1.82, 2.24) is 9.62 Å². The first kappa shape index (κ1) is 31.3. The normalized spacial score (nSPS) is 14.3. The summed E-state index contributed by atoms with van der Waals surface area (Å²) in [7, 11) is -4.89. The first-order chi connectivity index (χ1) is 18.7. The van der Waals surface area contributed by atoms with Crippen LogP contribution in [0.2, 0.25) is 0 Å². The maximum atomic E-state index is 14.5. The van der Waals surface area contributed by atoms with Crippen molar-refractivity contribution >= 4 is 27.3 Å². The fourth-order valence-corrected chi connectivity index (χ4v) is 5.95. The van der Waals surface area contributed by atoms with Gasteiger partial charge in [0.25, 0.3) is 0 Å². The molecule has 0 aliphatic rings. The van der Waals surface area contributed by atoms with E-state index >= 15 is 0 Å². The number of nitrogens with zero attached hydrogens (tertiary/aromatic N) is 1. The molecule has 1 heterocycles. The van der Waals surface area contributed by atoms with Gasteiger partial charge in [0.1, 0.15) is 10.7 Å². The third-order valence-electron chi connectivity index (χ3n) is 5.78. The standard InChI is InChI=1S/C26H24F6N2O4S2/c1-16(26(30,31)32)10-25(36)33-22(11-17-6-3-2-4-7-17)23(35)15-34(14-18-8-5-9-39-18)40(37,38)24-13-20(28)19(27)12-21(24)29/h2-10,12-13,22-23,35H,11,14-15H2,1H3,(H,33,36)/b16-10+. The van der Waals surface area contributed by atoms with Gasteiger partial charge in [-0.1, -0.05) is 36.4 Å². The lowest BCUT2D eigenvalue weighted by Crippen LogP contribution is -2.50. The highest BCUT2D eigenvalue weighted by atomic mass is 32.2. The molecule has 2 N–H and O–H groups in total. The molecule has 0 radical (unpaired) electrons. The number of alkyl halides is 3. The van der Waals surface area contributed by atoms with Gasteiger partial charge >= 0.3 is 6.18 Å². The van der Waals surface area contributed by atoms with Gasteiger partial charge < -0.3 is 10.4 Å². The van der Waals surface area contributed by atoms with Gasteiger partial charge in [-0.2, -0.15) is 17.5 Å². The minimum atomic E-state index is -4.89. The van der Waals surface area contributed by atoms with Crippen molar-refractivity contribution in [3.63, 3.8) is 0 Å². The topological polar surface area (TPSA) is 86.7 Å². The number of aliphatic hydroxyl groups is 1. The number of benzene rings is 2. The fourth-order valence-electron chi connectivity index (χ4n) is 3.66. The Hall–Kier alpha value is -3.20. The highest BCUT2D eigenvalue weighted by molar-refractivity contribution is 7.89. The maximum absolute atomic E-state index is 14.5. The van der Waals surface area contributed by atoms with Gasteiger partial charge in [0.05, 0.1) is 12.1 Å². The Kier molecular flexibility index (Phi) is 10.2. The van der Waals surface area contributed by atoms with E-state index in [2.05, 4.69) is 5.32 Å². The molecule has 40 heavy (non-hydrogen) atoms. The number of sulfonamides is 1. The number of amides is 1. The van der Waals surface area contributed by atoms with Gasteiger partial charge in [-0.3, -0.25) is 4.79 Å². The summed E-state index contributed by atoms with van der Waals surface area (Å²) in [5.41, 5.74) is -0.642. The summed E-state index contributed by atoms with van der Waals surface area (Å²) < 4.78 is 108. The second-order valence-corrected chi connectivity index (χ2v) is 11.7. The van der Waals surface area contributed by atoms with E-state index in [9.17, 15) is 44.7 Å². The molecule has 1 aromatic heterocycles. The molecule has 6 nitrogen and oxygen atoms in total. The zero-order chi connectivity index (χ0) is 29.7. The summed E-state index contributed by atoms with van der Waals surface area (Å²) in [5, 5.41) is 15.0. The molecule has 0 saturated carbocycles. The van der Waals surface area contributed by atoms with E-state index in [1.807, 2.05) is 0 Å². The monoisotopic (exact) mass is 606 g/mol. The average Bonchev–Trinajstić information content (AvgIpc) is 3.38. The van der Waals surface area contributed by atoms with E-state index in [4.69, 9.17) is 0 Å². The third kappa shape index (κ3) is 8.16. The van der Waals surface area contributed by atoms with Gasteiger partial charge in [0.2, 0.25) is 15.9 Å². The van der Waals surface area contributed by atoms with Crippen molar-refractivity contribution in [2.75, 3.05) is 6.54 Å². The molecule has 1 amide bonds. The van der Waals surface area contributed by atoms with Crippen molar-refractivity contribution < 1.29 is 44.7 Å². The molecule has 3 aromatic rings. The van der Waals surface area contributed by atoms with E-state index in [0.29, 0.717) is 27.7 Å². The molecule has 0 fully saturated rings. The fraction of sp³-hybridized carbons (Fsp3) is 0.269. The Bertz CT molecular complexity index is 1450. The van der Waals surface area contributed by atoms with Crippen molar-refractivity contribution in [2.45, 2.75) is 43.1 Å². The summed E-state index contributed by atoms with van der Waals surface area (Å²) in [4.78, 5) is 11.7. The molecule has 2 aromatic carbocycles. The highest BCUT2D eigenvalue weighted by Gasteiger charge is 2.34. The number of carbonyl (C=O) groups excluding carboxylic acids is 1. The molecule has 2 unspecified atom stereocenters. The number of rotatable bonds is 11. The van der Waals surface area contributed by atoms with Crippen LogP contribution in [-0.2, 0) is 27.8 Å². The van der Waals surface area contributed by atoms with Crippen LogP contribution in [0.5, 0.6) is 0 Å². The maximum Gasteiger partial charge on any atom is 0.412 e. The van der Waals surface area contributed by atoms with Gasteiger partial charge in [-0.05, 0) is 36.4 Å². The Morgan fingerprint density at radius 3 is 2.30 bits per heavy atom. The molecule has 0 bridgehead atoms. The lowest BCUT2D eigenvalue weighted by molar-refractivity contribution is -0.119. The predicted molar refractivity (Wildman–Crippen MR) is 136 cm³/mol. The zero-order valence-electron chi connectivity index (χ0n) is 20.8. The van der Waals surface area contributed by atoms with E-state index in [1.165, 1.54) is 0 Å². The SMILES string of the molecule is C/C(=C\C(=O)NC(Cc1ccccc1)C(O)CN(Cc1cccs1)S(=O)(=O)c1cc(F)c(F)cc1F)C(F)(F)F. The summed E-state index contributed by atoms with van der Waals surface area (Å²) in [5.74, 6) is -5.97. The van der Waals surface area contributed by atoms with E-state index < -0.39 is 75.3 Å². The summed E-state index contributed by atoms with van der Waals surface area (Å²) in [6.45, 7) is -0.499. The summed E-state index contributed by atoms with van der Waals surface area (Å²) in [6.07, 6.45) is -6.31. The number of halogens is 6. The first-order valence-electron chi connectivity index (χ1n) is 11.6. The number of hydrogen-bond donors (Lipinski definition) is 2. The van der Waals surface area contributed by atoms with Crippen LogP contribution < -0.4 is 5.32 Å². The van der Waals surface area contributed by atoms with Crippen molar-refractivity contribution in [3.05, 3.63) is 99.5 Å². The van der Waals surface area contributed by atoms with Crippen LogP contribution in [0.3, 0.4) is 0 Å². The van der Waals surface area contributed by atoms with Crippen LogP contribution in [0.4, 0.5) is 26.3 Å². The van der Waals surface area contributed by atoms with E-state index in [0.717, 1.165) is 11.3 Å². The molecular formula is C26H24F6N2O4S2. The van der Waals surface area contributed by atoms with Crippen molar-refractivity contribution in [3.8, 4) is 0 Å². The van der Waals surface area contributed by atoms with Crippen molar-refractivity contribution in [1.29, 1.82) is 0 Å². The first-order valence-corrected chi connectivity index (χ1v) is 14.0. The van der Waals surface area contributed by atoms with Gasteiger partial charge in [-0.15, -0.1) is 11.3 Å². The Balaban J connectivity index is 1.97. The number of hydrogen-bond acceptors (Lipinski definition) is 5. The number of thiophene rings is 1. The lowest BCUT2D eigenvalue weighted by atomic mass is 10.0. The highest BCUT2D eigenvalue weighted by Crippen LogP contribution is 2.26. The number of aliphatic hydroxyl groups excluding tert-OH is 1. The van der Waals surface area contributed by atoms with Crippen LogP contribution >= 0.6 is 11.3 Å². The molecule has 14 heteroatoms. The molecule has 0 saturated heterocycles. The minimum Gasteiger partial charge on any atom is -0.390 e. The number of nitrogens with one attached hydrogen (secondary N) is 1. The van der Waals surface area contributed by atoms with Gasteiger partial charge in [-0.25, -0.2) is 21.6 Å². The quantitative estimate of drug-likeness (QED) is 0.184. The predicted octanol–water partition coefficient (Wildman–Crippen LogP) is 4.95. The second kappa shape index (κ2) is 13.0. The summed E-state index contributed by atoms with van der Waals surface area (Å²) >= 11 is 1.13. The molecular weight excluding hydrogens is 582 g/mol. The zero-order valence-corrected chi connectivity index (χ0v) is 22.5. The average molecular weight is 607 g/mol. The van der Waals surface area contributed by atoms with Crippen LogP contribution in [0.15, 0.2) is 76.5 Å². The van der Waals surface area contributed by atoms with Crippen LogP contribution in [0.25, 0.3) is 0 Å². The molecule has 216 valence electrons. The number of allylic oxidation sites excluding steroid dienone is 1. The Labute approximate surface area is 230 Å². The molecule has 3 rings (SSSR count). The molecule has 2 atom stereocenters. The summed E-state index contributed by atoms with van der Waals surface area (Å²) in [6, 6.07) is 10.3. The Morgan fingerprint density at radius 1 is 1.05 bits per heavy atom. The van der Waals surface area contributed by atoms with Crippen LogP contribution in [-0.4, -0.2) is 48.6 Å². The van der Waals surface area contributed by atoms with Gasteiger partial charge in [0.15, 0.2) is 11.6 Å². The molecule has 0 aliphatic carbocycles. The third-order valence-corrected chi connectivity index (χ3v) is 8.47. The second-order valence-electron chi connectivity index (χ2n) is 8.77. The van der Waals surface area contributed by atoms with E-state index in [-0.39, 0.29) is 18.6 Å². The minimum absolute atomic E-state index is 0.0791. The number of carbonyl (C=O) groups is 1. The Morgan fingerprint density at radius 2 is 1.70 bits per heavy atom.